The lowest BCUT2D eigenvalue weighted by atomic mass is 9.90. The monoisotopic (exact) mass is 196 g/mol. The van der Waals surface area contributed by atoms with E-state index < -0.39 is 11.8 Å². The first-order chi connectivity index (χ1) is 6.53. The first-order valence-corrected chi connectivity index (χ1v) is 4.99. The maximum atomic E-state index is 13.9. The molecule has 2 heteroatoms. The molecule has 1 unspecified atom stereocenters. The van der Waals surface area contributed by atoms with Crippen LogP contribution in [-0.4, -0.2) is 0 Å². The third-order valence-electron chi connectivity index (χ3n) is 3.09. The van der Waals surface area contributed by atoms with Crippen molar-refractivity contribution in [2.75, 3.05) is 0 Å². The van der Waals surface area contributed by atoms with Crippen LogP contribution in [0.2, 0.25) is 0 Å². The summed E-state index contributed by atoms with van der Waals surface area (Å²) in [4.78, 5) is 0. The summed E-state index contributed by atoms with van der Waals surface area (Å²) in [6.45, 7) is 3.73. The lowest BCUT2D eigenvalue weighted by Gasteiger charge is -2.23. The van der Waals surface area contributed by atoms with E-state index in [0.29, 0.717) is 6.42 Å². The molecule has 0 N–H and O–H groups in total. The van der Waals surface area contributed by atoms with Gasteiger partial charge in [-0.2, -0.15) is 0 Å². The van der Waals surface area contributed by atoms with E-state index in [9.17, 15) is 8.78 Å². The summed E-state index contributed by atoms with van der Waals surface area (Å²) in [5, 5.41) is 0. The van der Waals surface area contributed by atoms with Gasteiger partial charge in [-0.15, -0.1) is 0 Å². The van der Waals surface area contributed by atoms with Crippen molar-refractivity contribution in [3.8, 4) is 0 Å². The maximum Gasteiger partial charge on any atom is 0.276 e. The molecule has 1 atom stereocenters. The second-order valence-corrected chi connectivity index (χ2v) is 4.33. The van der Waals surface area contributed by atoms with Crippen molar-refractivity contribution in [1.82, 2.24) is 0 Å². The highest BCUT2D eigenvalue weighted by Crippen LogP contribution is 2.48. The van der Waals surface area contributed by atoms with Gasteiger partial charge in [0.05, 0.1) is 0 Å². The molecule has 0 spiro atoms. The minimum Gasteiger partial charge on any atom is -0.201 e. The van der Waals surface area contributed by atoms with Crippen LogP contribution >= 0.6 is 0 Å². The fourth-order valence-corrected chi connectivity index (χ4v) is 2.24. The number of halogens is 2. The summed E-state index contributed by atoms with van der Waals surface area (Å²) in [5.41, 5.74) is 1.05. The largest absolute Gasteiger partial charge is 0.276 e. The molecule has 1 aliphatic carbocycles. The summed E-state index contributed by atoms with van der Waals surface area (Å²) in [7, 11) is 0. The molecule has 1 aromatic carbocycles. The van der Waals surface area contributed by atoms with Gasteiger partial charge in [0.15, 0.2) is 0 Å². The zero-order valence-corrected chi connectivity index (χ0v) is 8.43. The molecule has 0 fully saturated rings. The van der Waals surface area contributed by atoms with E-state index in [-0.39, 0.29) is 11.5 Å². The number of rotatable bonds is 1. The van der Waals surface area contributed by atoms with Crippen molar-refractivity contribution >= 4 is 0 Å². The Labute approximate surface area is 82.9 Å². The second-order valence-electron chi connectivity index (χ2n) is 4.33. The number of alkyl halides is 2. The number of benzene rings is 1. The Morgan fingerprint density at radius 2 is 1.93 bits per heavy atom. The zero-order chi connectivity index (χ0) is 10.3. The quantitative estimate of drug-likeness (QED) is 0.643. The van der Waals surface area contributed by atoms with E-state index in [1.807, 2.05) is 26.0 Å². The molecule has 76 valence electrons. The highest BCUT2D eigenvalue weighted by molar-refractivity contribution is 5.36. The van der Waals surface area contributed by atoms with Crippen molar-refractivity contribution in [1.29, 1.82) is 0 Å². The van der Waals surface area contributed by atoms with Crippen LogP contribution in [-0.2, 0) is 12.3 Å². The van der Waals surface area contributed by atoms with Gasteiger partial charge < -0.3 is 0 Å². The Morgan fingerprint density at radius 3 is 2.50 bits per heavy atom. The molecule has 0 heterocycles. The molecular weight excluding hydrogens is 182 g/mol. The van der Waals surface area contributed by atoms with Crippen LogP contribution in [0.5, 0.6) is 0 Å². The van der Waals surface area contributed by atoms with Crippen LogP contribution in [0.4, 0.5) is 8.78 Å². The van der Waals surface area contributed by atoms with Gasteiger partial charge in [-0.3, -0.25) is 0 Å². The summed E-state index contributed by atoms with van der Waals surface area (Å²) in [6, 6.07) is 6.89. The van der Waals surface area contributed by atoms with Gasteiger partial charge in [-0.1, -0.05) is 38.1 Å². The van der Waals surface area contributed by atoms with E-state index in [1.165, 1.54) is 0 Å². The molecule has 14 heavy (non-hydrogen) atoms. The average molecular weight is 196 g/mol. The Hall–Kier alpha value is -0.920. The Morgan fingerprint density at radius 1 is 1.29 bits per heavy atom. The summed E-state index contributed by atoms with van der Waals surface area (Å²) in [5.74, 6) is -3.14. The van der Waals surface area contributed by atoms with E-state index in [1.54, 1.807) is 12.1 Å². The van der Waals surface area contributed by atoms with Crippen molar-refractivity contribution in [2.45, 2.75) is 26.2 Å². The molecule has 0 saturated carbocycles. The first kappa shape index (κ1) is 9.63. The molecule has 0 radical (unpaired) electrons. The molecule has 0 amide bonds. The van der Waals surface area contributed by atoms with E-state index >= 15 is 0 Å². The van der Waals surface area contributed by atoms with Gasteiger partial charge >= 0.3 is 0 Å². The Balaban J connectivity index is 2.45. The molecule has 0 aliphatic heterocycles. The van der Waals surface area contributed by atoms with Gasteiger partial charge in [0.2, 0.25) is 0 Å². The van der Waals surface area contributed by atoms with Crippen molar-refractivity contribution in [3.05, 3.63) is 35.4 Å². The van der Waals surface area contributed by atoms with Gasteiger partial charge in [-0.05, 0) is 17.9 Å². The fourth-order valence-electron chi connectivity index (χ4n) is 2.24. The number of hydrogen-bond acceptors (Lipinski definition) is 0. The zero-order valence-electron chi connectivity index (χ0n) is 8.43. The molecular formula is C12H14F2. The summed E-state index contributed by atoms with van der Waals surface area (Å²) < 4.78 is 27.7. The van der Waals surface area contributed by atoms with Gasteiger partial charge in [-0.25, -0.2) is 8.78 Å². The lowest BCUT2D eigenvalue weighted by Crippen LogP contribution is -2.25. The molecule has 0 aromatic heterocycles. The predicted molar refractivity (Wildman–Crippen MR) is 52.4 cm³/mol. The summed E-state index contributed by atoms with van der Waals surface area (Å²) >= 11 is 0. The minimum absolute atomic E-state index is 0.0254. The normalized spacial score (nSPS) is 23.9. The van der Waals surface area contributed by atoms with Crippen LogP contribution in [0.25, 0.3) is 0 Å². The first-order valence-electron chi connectivity index (χ1n) is 4.99. The molecule has 2 rings (SSSR count). The van der Waals surface area contributed by atoms with Gasteiger partial charge in [0.25, 0.3) is 5.92 Å². The van der Waals surface area contributed by atoms with E-state index in [4.69, 9.17) is 0 Å². The average Bonchev–Trinajstić information content (AvgIpc) is 2.39. The third-order valence-corrected chi connectivity index (χ3v) is 3.09. The van der Waals surface area contributed by atoms with Crippen LogP contribution in [0, 0.1) is 11.8 Å². The number of fused-ring (bicyclic) bond motifs is 1. The van der Waals surface area contributed by atoms with Crippen molar-refractivity contribution < 1.29 is 8.78 Å². The van der Waals surface area contributed by atoms with E-state index in [0.717, 1.165) is 5.56 Å². The number of hydrogen-bond donors (Lipinski definition) is 0. The van der Waals surface area contributed by atoms with Crippen molar-refractivity contribution in [3.63, 3.8) is 0 Å². The van der Waals surface area contributed by atoms with Crippen LogP contribution < -0.4 is 0 Å². The smallest absolute Gasteiger partial charge is 0.201 e. The van der Waals surface area contributed by atoms with E-state index in [2.05, 4.69) is 0 Å². The van der Waals surface area contributed by atoms with Gasteiger partial charge in [0, 0.05) is 11.5 Å². The lowest BCUT2D eigenvalue weighted by molar-refractivity contribution is -0.0688. The topological polar surface area (TPSA) is 0 Å². The Bertz CT molecular complexity index is 342. The second kappa shape index (κ2) is 3.04. The fraction of sp³-hybridized carbons (Fsp3) is 0.500. The minimum atomic E-state index is -2.63. The van der Waals surface area contributed by atoms with Crippen LogP contribution in [0.15, 0.2) is 24.3 Å². The molecule has 1 aromatic rings. The highest BCUT2D eigenvalue weighted by atomic mass is 19.3. The van der Waals surface area contributed by atoms with Gasteiger partial charge in [0.1, 0.15) is 0 Å². The predicted octanol–water partition coefficient (Wildman–Crippen LogP) is 3.61. The standard InChI is InChI=1S/C12H14F2/c1-8(2)11-7-9-5-3-4-6-10(9)12(11,13)14/h3-6,8,11H,7H2,1-2H3. The SMILES string of the molecule is CC(C)C1Cc2ccccc2C1(F)F. The van der Waals surface area contributed by atoms with Crippen LogP contribution in [0.3, 0.4) is 0 Å². The molecule has 0 bridgehead atoms. The summed E-state index contributed by atoms with van der Waals surface area (Å²) in [6.07, 6.45) is 0.515. The van der Waals surface area contributed by atoms with Crippen LogP contribution in [0.1, 0.15) is 25.0 Å². The maximum absolute atomic E-state index is 13.9. The Kier molecular flexibility index (Phi) is 2.09. The molecule has 0 nitrogen and oxygen atoms in total. The third kappa shape index (κ3) is 1.24. The highest BCUT2D eigenvalue weighted by Gasteiger charge is 2.49. The van der Waals surface area contributed by atoms with Crippen molar-refractivity contribution in [2.24, 2.45) is 11.8 Å². The molecule has 0 saturated heterocycles. The molecule has 1 aliphatic rings.